The van der Waals surface area contributed by atoms with Gasteiger partial charge in [0.25, 0.3) is 6.43 Å². The Morgan fingerprint density at radius 2 is 1.94 bits per heavy atom. The van der Waals surface area contributed by atoms with Gasteiger partial charge in [0.15, 0.2) is 11.5 Å². The second-order valence-corrected chi connectivity index (χ2v) is 9.62. The standard InChI is InChI=1S/C23H26F2N8O/c1-12-27-16-3-2-15(29-21(16)32(12)11-17(24)25)14-10-18(34)33-19(14)20(26)30-22(31-33)28-13-4-6-23(7-5-13)8-9-23/h2-3,10,13,17,34H,4-9,11H2,1H3,(H3,26,28,30,31). The van der Waals surface area contributed by atoms with Crippen LogP contribution in [0.1, 0.15) is 44.3 Å². The van der Waals surface area contributed by atoms with Gasteiger partial charge in [0, 0.05) is 17.7 Å². The molecule has 0 saturated heterocycles. The summed E-state index contributed by atoms with van der Waals surface area (Å²) in [6.07, 6.45) is 4.73. The number of pyridine rings is 1. The first kappa shape index (κ1) is 21.1. The van der Waals surface area contributed by atoms with E-state index in [9.17, 15) is 13.9 Å². The normalized spacial score (nSPS) is 17.9. The van der Waals surface area contributed by atoms with Crippen LogP contribution in [0.15, 0.2) is 18.2 Å². The molecule has 2 aliphatic rings. The van der Waals surface area contributed by atoms with E-state index in [1.165, 1.54) is 40.8 Å². The zero-order chi connectivity index (χ0) is 23.6. The molecule has 0 radical (unpaired) electrons. The second-order valence-electron chi connectivity index (χ2n) is 9.62. The van der Waals surface area contributed by atoms with Crippen molar-refractivity contribution in [2.45, 2.75) is 64.5 Å². The molecule has 11 heteroatoms. The van der Waals surface area contributed by atoms with Gasteiger partial charge in [-0.1, -0.05) is 0 Å². The molecular weight excluding hydrogens is 442 g/mol. The van der Waals surface area contributed by atoms with Crippen LogP contribution in [0.2, 0.25) is 0 Å². The zero-order valence-electron chi connectivity index (χ0n) is 18.8. The van der Waals surface area contributed by atoms with Crippen LogP contribution in [0.3, 0.4) is 0 Å². The second kappa shape index (κ2) is 7.51. The van der Waals surface area contributed by atoms with Gasteiger partial charge in [-0.15, -0.1) is 5.10 Å². The lowest BCUT2D eigenvalue weighted by atomic mass is 9.83. The SMILES string of the molecule is Cc1nc2ccc(-c3cc(O)n4nc(NC5CCC6(CC5)CC6)nc(N)c34)nc2n1CC(F)F. The minimum absolute atomic E-state index is 0.109. The molecule has 178 valence electrons. The van der Waals surface area contributed by atoms with E-state index < -0.39 is 13.0 Å². The smallest absolute Gasteiger partial charge is 0.256 e. The molecule has 4 aromatic rings. The highest BCUT2D eigenvalue weighted by molar-refractivity contribution is 5.89. The fraction of sp³-hybridized carbons (Fsp3) is 0.478. The van der Waals surface area contributed by atoms with Crippen LogP contribution >= 0.6 is 0 Å². The molecule has 0 unspecified atom stereocenters. The third-order valence-electron chi connectivity index (χ3n) is 7.34. The predicted molar refractivity (Wildman–Crippen MR) is 124 cm³/mol. The number of aryl methyl sites for hydroxylation is 1. The maximum atomic E-state index is 13.1. The topological polar surface area (TPSA) is 119 Å². The summed E-state index contributed by atoms with van der Waals surface area (Å²) in [6, 6.07) is 5.23. The Balaban J connectivity index is 1.36. The van der Waals surface area contributed by atoms with Crippen molar-refractivity contribution in [2.75, 3.05) is 11.1 Å². The molecule has 2 saturated carbocycles. The number of nitrogens with two attached hydrogens (primary N) is 1. The van der Waals surface area contributed by atoms with Gasteiger partial charge in [0.05, 0.1) is 12.2 Å². The lowest BCUT2D eigenvalue weighted by molar-refractivity contribution is 0.127. The maximum absolute atomic E-state index is 13.1. The predicted octanol–water partition coefficient (Wildman–Crippen LogP) is 4.14. The van der Waals surface area contributed by atoms with Crippen LogP contribution < -0.4 is 11.1 Å². The number of hydrogen-bond acceptors (Lipinski definition) is 7. The minimum atomic E-state index is -2.53. The van der Waals surface area contributed by atoms with E-state index in [-0.39, 0.29) is 17.7 Å². The largest absolute Gasteiger partial charge is 0.493 e. The quantitative estimate of drug-likeness (QED) is 0.403. The van der Waals surface area contributed by atoms with Crippen LogP contribution in [-0.2, 0) is 6.54 Å². The maximum Gasteiger partial charge on any atom is 0.256 e. The summed E-state index contributed by atoms with van der Waals surface area (Å²) in [5.74, 6) is 0.912. The highest BCUT2D eigenvalue weighted by Crippen LogP contribution is 2.56. The van der Waals surface area contributed by atoms with E-state index in [2.05, 4.69) is 25.4 Å². The number of hydrogen-bond donors (Lipinski definition) is 3. The fourth-order valence-electron chi connectivity index (χ4n) is 5.23. The van der Waals surface area contributed by atoms with Crippen molar-refractivity contribution in [3.63, 3.8) is 0 Å². The first-order valence-electron chi connectivity index (χ1n) is 11.6. The Morgan fingerprint density at radius 1 is 1.18 bits per heavy atom. The molecule has 6 rings (SSSR count). The summed E-state index contributed by atoms with van der Waals surface area (Å²) in [5.41, 5.74) is 9.15. The van der Waals surface area contributed by atoms with Crippen molar-refractivity contribution in [3.05, 3.63) is 24.0 Å². The summed E-state index contributed by atoms with van der Waals surface area (Å²) in [7, 11) is 0. The van der Waals surface area contributed by atoms with E-state index in [1.807, 2.05) is 0 Å². The van der Waals surface area contributed by atoms with E-state index >= 15 is 0 Å². The molecule has 2 fully saturated rings. The van der Waals surface area contributed by atoms with Gasteiger partial charge in [0.2, 0.25) is 11.8 Å². The number of alkyl halides is 2. The Labute approximate surface area is 194 Å². The summed E-state index contributed by atoms with van der Waals surface area (Å²) in [6.45, 7) is 1.17. The van der Waals surface area contributed by atoms with Crippen LogP contribution in [0.4, 0.5) is 20.5 Å². The number of halogens is 2. The van der Waals surface area contributed by atoms with Crippen molar-refractivity contribution in [1.82, 2.24) is 29.1 Å². The average molecular weight is 469 g/mol. The molecule has 0 bridgehead atoms. The molecule has 0 amide bonds. The number of nitrogen functional groups attached to an aromatic ring is 1. The van der Waals surface area contributed by atoms with Gasteiger partial charge in [0.1, 0.15) is 16.9 Å². The van der Waals surface area contributed by atoms with Crippen molar-refractivity contribution in [1.29, 1.82) is 0 Å². The first-order valence-corrected chi connectivity index (χ1v) is 11.6. The molecule has 0 aromatic carbocycles. The molecule has 0 aliphatic heterocycles. The molecule has 4 heterocycles. The fourth-order valence-corrected chi connectivity index (χ4v) is 5.23. The van der Waals surface area contributed by atoms with Gasteiger partial charge in [-0.3, -0.25) is 0 Å². The highest BCUT2D eigenvalue weighted by Gasteiger charge is 2.44. The van der Waals surface area contributed by atoms with Gasteiger partial charge < -0.3 is 20.7 Å². The third-order valence-corrected chi connectivity index (χ3v) is 7.34. The van der Waals surface area contributed by atoms with Gasteiger partial charge >= 0.3 is 0 Å². The molecule has 0 atom stereocenters. The number of rotatable bonds is 5. The van der Waals surface area contributed by atoms with Gasteiger partial charge in [-0.25, -0.2) is 18.7 Å². The van der Waals surface area contributed by atoms with Gasteiger partial charge in [-0.05, 0) is 63.0 Å². The molecule has 1 spiro atoms. The van der Waals surface area contributed by atoms with Crippen LogP contribution in [0.25, 0.3) is 27.9 Å². The number of nitrogens with zero attached hydrogens (tertiary/aromatic N) is 6. The minimum Gasteiger partial charge on any atom is -0.493 e. The molecule has 4 N–H and O–H groups in total. The van der Waals surface area contributed by atoms with Crippen molar-refractivity contribution in [2.24, 2.45) is 5.41 Å². The lowest BCUT2D eigenvalue weighted by Gasteiger charge is -2.29. The van der Waals surface area contributed by atoms with E-state index in [0.29, 0.717) is 45.1 Å². The number of nitrogens with one attached hydrogen (secondary N) is 1. The number of anilines is 2. The molecule has 34 heavy (non-hydrogen) atoms. The number of aromatic nitrogens is 6. The summed E-state index contributed by atoms with van der Waals surface area (Å²) < 4.78 is 28.9. The highest BCUT2D eigenvalue weighted by atomic mass is 19.3. The Kier molecular flexibility index (Phi) is 4.65. The Hall–Kier alpha value is -3.50. The zero-order valence-corrected chi connectivity index (χ0v) is 18.8. The summed E-state index contributed by atoms with van der Waals surface area (Å²) in [5, 5.41) is 18.5. The Bertz CT molecular complexity index is 1400. The molecule has 2 aliphatic carbocycles. The van der Waals surface area contributed by atoms with Crippen molar-refractivity contribution >= 4 is 28.4 Å². The van der Waals surface area contributed by atoms with Crippen LogP contribution in [-0.4, -0.2) is 46.7 Å². The number of aromatic hydroxyl groups is 1. The summed E-state index contributed by atoms with van der Waals surface area (Å²) in [4.78, 5) is 13.3. The van der Waals surface area contributed by atoms with Crippen LogP contribution in [0, 0.1) is 12.3 Å². The molecule has 4 aromatic heterocycles. The molecular formula is C23H26F2N8O. The van der Waals surface area contributed by atoms with Crippen molar-refractivity contribution in [3.8, 4) is 17.1 Å². The Morgan fingerprint density at radius 3 is 2.65 bits per heavy atom. The number of fused-ring (bicyclic) bond motifs is 2. The van der Waals surface area contributed by atoms with E-state index in [0.717, 1.165) is 12.8 Å². The monoisotopic (exact) mass is 468 g/mol. The average Bonchev–Trinajstić information content (AvgIpc) is 3.37. The first-order chi connectivity index (χ1) is 16.3. The van der Waals surface area contributed by atoms with Crippen molar-refractivity contribution < 1.29 is 13.9 Å². The molecule has 9 nitrogen and oxygen atoms in total. The van der Waals surface area contributed by atoms with E-state index in [1.54, 1.807) is 19.1 Å². The number of imidazole rings is 1. The van der Waals surface area contributed by atoms with Gasteiger partial charge in [-0.2, -0.15) is 9.50 Å². The summed E-state index contributed by atoms with van der Waals surface area (Å²) >= 11 is 0. The third kappa shape index (κ3) is 3.50. The lowest BCUT2D eigenvalue weighted by Crippen LogP contribution is -2.28. The van der Waals surface area contributed by atoms with E-state index in [4.69, 9.17) is 5.73 Å². The van der Waals surface area contributed by atoms with Crippen LogP contribution in [0.5, 0.6) is 5.88 Å².